The third kappa shape index (κ3) is 3.88. The Hall–Kier alpha value is -2.19. The van der Waals surface area contributed by atoms with E-state index in [1.807, 2.05) is 38.2 Å². The zero-order chi connectivity index (χ0) is 24.5. The molecular formula is C26H38N2O6. The zero-order valence-electron chi connectivity index (χ0n) is 20.6. The lowest BCUT2D eigenvalue weighted by Gasteiger charge is -2.40. The lowest BCUT2D eigenvalue weighted by Crippen LogP contribution is -2.58. The van der Waals surface area contributed by atoms with Gasteiger partial charge in [-0.15, -0.1) is 0 Å². The summed E-state index contributed by atoms with van der Waals surface area (Å²) >= 11 is 0. The van der Waals surface area contributed by atoms with E-state index in [9.17, 15) is 19.5 Å². The Morgan fingerprint density at radius 1 is 1.12 bits per heavy atom. The van der Waals surface area contributed by atoms with Crippen LogP contribution in [0, 0.1) is 11.8 Å². The predicted molar refractivity (Wildman–Crippen MR) is 126 cm³/mol. The van der Waals surface area contributed by atoms with Crippen LogP contribution >= 0.6 is 0 Å². The second-order valence-electron chi connectivity index (χ2n) is 10.1. The van der Waals surface area contributed by atoms with Crippen LogP contribution in [0.1, 0.15) is 59.3 Å². The first kappa shape index (κ1) is 24.9. The smallest absolute Gasteiger partial charge is 0.313 e. The summed E-state index contributed by atoms with van der Waals surface area (Å²) < 4.78 is 12.3. The molecule has 2 saturated heterocycles. The molecule has 0 aromatic heterocycles. The molecule has 4 aliphatic rings. The van der Waals surface area contributed by atoms with Gasteiger partial charge in [0.25, 0.3) is 0 Å². The number of rotatable bonds is 7. The highest BCUT2D eigenvalue weighted by molar-refractivity contribution is 5.99. The fourth-order valence-electron chi connectivity index (χ4n) is 6.18. The minimum absolute atomic E-state index is 0.184. The first-order chi connectivity index (χ1) is 16.3. The summed E-state index contributed by atoms with van der Waals surface area (Å²) in [6.07, 6.45) is 12.4. The van der Waals surface area contributed by atoms with E-state index in [0.29, 0.717) is 25.9 Å². The van der Waals surface area contributed by atoms with Crippen LogP contribution in [0.4, 0.5) is 0 Å². The first-order valence-electron chi connectivity index (χ1n) is 12.8. The molecule has 0 radical (unpaired) electrons. The fourth-order valence-corrected chi connectivity index (χ4v) is 6.18. The quantitative estimate of drug-likeness (QED) is 0.345. The number of cyclic esters (lactones) is 1. The number of amides is 2. The molecule has 4 heterocycles. The van der Waals surface area contributed by atoms with Gasteiger partial charge in [-0.2, -0.15) is 0 Å². The molecule has 0 saturated carbocycles. The summed E-state index contributed by atoms with van der Waals surface area (Å²) in [5.41, 5.74) is -2.37. The monoisotopic (exact) mass is 474 g/mol. The van der Waals surface area contributed by atoms with Crippen LogP contribution in [0.25, 0.3) is 0 Å². The van der Waals surface area contributed by atoms with Crippen molar-refractivity contribution in [2.45, 2.75) is 82.6 Å². The molecule has 1 N–H and O–H groups in total. The number of aliphatic hydroxyl groups is 1. The molecule has 0 aromatic rings. The lowest BCUT2D eigenvalue weighted by atomic mass is 9.74. The molecule has 1 unspecified atom stereocenters. The van der Waals surface area contributed by atoms with Crippen LogP contribution in [-0.2, 0) is 23.9 Å². The number of likely N-dealkylation sites (tertiary alicyclic amines) is 1. The van der Waals surface area contributed by atoms with Crippen LogP contribution in [0.3, 0.4) is 0 Å². The highest BCUT2D eigenvalue weighted by atomic mass is 16.6. The van der Waals surface area contributed by atoms with E-state index in [0.717, 1.165) is 25.7 Å². The third-order valence-corrected chi connectivity index (χ3v) is 7.88. The second-order valence-corrected chi connectivity index (χ2v) is 10.1. The molecule has 2 fully saturated rings. The summed E-state index contributed by atoms with van der Waals surface area (Å²) in [6.45, 7) is 6.85. The standard InChI is InChI=1S/C26H38N2O6/c1-4-6-9-14-27-15-11-13-26-19(22(30)28(18(5-2)17-29)21(26)23(27)31)20-24(32)33-16-10-7-8-12-25(20,3)34-26/h8,11-13,18-21,29H,4-7,9-10,14-17H2,1-3H3/b12-8-/t18-,19-,20-,21?,25+,26-/m0/s1. The molecule has 8 nitrogen and oxygen atoms in total. The molecule has 0 aromatic carbocycles. The summed E-state index contributed by atoms with van der Waals surface area (Å²) in [5, 5.41) is 10.1. The molecule has 2 amide bonds. The zero-order valence-corrected chi connectivity index (χ0v) is 20.6. The number of esters is 1. The van der Waals surface area contributed by atoms with Crippen molar-refractivity contribution in [3.8, 4) is 0 Å². The average Bonchev–Trinajstić information content (AvgIpc) is 3.16. The number of carbonyl (C=O) groups excluding carboxylic acids is 3. The number of hydrogen-bond donors (Lipinski definition) is 1. The van der Waals surface area contributed by atoms with Gasteiger partial charge < -0.3 is 24.4 Å². The summed E-state index contributed by atoms with van der Waals surface area (Å²) in [5.74, 6) is -2.74. The molecule has 4 aliphatic heterocycles. The summed E-state index contributed by atoms with van der Waals surface area (Å²) in [6, 6.07) is -1.47. The summed E-state index contributed by atoms with van der Waals surface area (Å²) in [4.78, 5) is 44.7. The van der Waals surface area contributed by atoms with Gasteiger partial charge in [0.1, 0.15) is 17.6 Å². The molecule has 34 heavy (non-hydrogen) atoms. The second kappa shape index (κ2) is 9.82. The predicted octanol–water partition coefficient (Wildman–Crippen LogP) is 2.21. The Kier molecular flexibility index (Phi) is 7.20. The van der Waals surface area contributed by atoms with Crippen LogP contribution in [-0.4, -0.2) is 82.3 Å². The van der Waals surface area contributed by atoms with Crippen LogP contribution in [0.5, 0.6) is 0 Å². The van der Waals surface area contributed by atoms with Crippen molar-refractivity contribution in [3.05, 3.63) is 24.3 Å². The van der Waals surface area contributed by atoms with Gasteiger partial charge in [-0.3, -0.25) is 14.4 Å². The van der Waals surface area contributed by atoms with E-state index in [-0.39, 0.29) is 25.0 Å². The van der Waals surface area contributed by atoms with Crippen LogP contribution in [0.15, 0.2) is 24.3 Å². The highest BCUT2D eigenvalue weighted by Crippen LogP contribution is 2.57. The topological polar surface area (TPSA) is 96.4 Å². The minimum atomic E-state index is -1.29. The van der Waals surface area contributed by atoms with Gasteiger partial charge in [0.2, 0.25) is 11.8 Å². The Labute approximate surface area is 201 Å². The number of nitrogens with zero attached hydrogens (tertiary/aromatic N) is 2. The van der Waals surface area contributed by atoms with Crippen molar-refractivity contribution in [1.82, 2.24) is 9.80 Å². The largest absolute Gasteiger partial charge is 0.465 e. The van der Waals surface area contributed by atoms with E-state index in [2.05, 4.69) is 6.92 Å². The van der Waals surface area contributed by atoms with Gasteiger partial charge in [-0.05, 0) is 32.6 Å². The maximum absolute atomic E-state index is 14.1. The molecule has 0 bridgehead atoms. The molecule has 188 valence electrons. The van der Waals surface area contributed by atoms with Gasteiger partial charge in [-0.1, -0.05) is 51.0 Å². The Morgan fingerprint density at radius 2 is 1.91 bits per heavy atom. The first-order valence-corrected chi connectivity index (χ1v) is 12.8. The van der Waals surface area contributed by atoms with Crippen molar-refractivity contribution in [3.63, 3.8) is 0 Å². The van der Waals surface area contributed by atoms with E-state index in [1.54, 1.807) is 4.90 Å². The van der Waals surface area contributed by atoms with Gasteiger partial charge in [0.05, 0.1) is 30.8 Å². The van der Waals surface area contributed by atoms with Crippen molar-refractivity contribution in [2.75, 3.05) is 26.3 Å². The van der Waals surface area contributed by atoms with Crippen molar-refractivity contribution < 1.29 is 29.0 Å². The third-order valence-electron chi connectivity index (χ3n) is 7.88. The number of hydrogen-bond acceptors (Lipinski definition) is 6. The van der Waals surface area contributed by atoms with Gasteiger partial charge >= 0.3 is 5.97 Å². The average molecular weight is 475 g/mol. The number of carbonyl (C=O) groups is 3. The van der Waals surface area contributed by atoms with Gasteiger partial charge in [0.15, 0.2) is 0 Å². The van der Waals surface area contributed by atoms with Crippen LogP contribution in [0.2, 0.25) is 0 Å². The van der Waals surface area contributed by atoms with E-state index in [1.165, 1.54) is 4.90 Å². The SMILES string of the molecule is CCCCCN1CC=C[C@]23O[C@]4(C)/C=C\CCCOC(=O)[C@@H]4[C@H]2C(=O)N([C@@H](CC)CO)C3C1=O. The molecule has 0 aliphatic carbocycles. The molecule has 8 heteroatoms. The Bertz CT molecular complexity index is 867. The molecule has 6 atom stereocenters. The number of fused-ring (bicyclic) bond motifs is 2. The number of aliphatic hydroxyl groups excluding tert-OH is 1. The van der Waals surface area contributed by atoms with Crippen LogP contribution < -0.4 is 0 Å². The minimum Gasteiger partial charge on any atom is -0.465 e. The van der Waals surface area contributed by atoms with E-state index in [4.69, 9.17) is 9.47 Å². The summed E-state index contributed by atoms with van der Waals surface area (Å²) in [7, 11) is 0. The lowest BCUT2D eigenvalue weighted by molar-refractivity contribution is -0.161. The Balaban J connectivity index is 1.83. The maximum atomic E-state index is 14.1. The molecule has 1 spiro atoms. The highest BCUT2D eigenvalue weighted by Gasteiger charge is 2.75. The number of allylic oxidation sites excluding steroid dienone is 1. The normalized spacial score (nSPS) is 37.2. The van der Waals surface area contributed by atoms with Crippen molar-refractivity contribution in [1.29, 1.82) is 0 Å². The van der Waals surface area contributed by atoms with Gasteiger partial charge in [0, 0.05) is 13.1 Å². The Morgan fingerprint density at radius 3 is 2.62 bits per heavy atom. The number of ether oxygens (including phenoxy) is 2. The fraction of sp³-hybridized carbons (Fsp3) is 0.731. The van der Waals surface area contributed by atoms with Crippen molar-refractivity contribution in [2.24, 2.45) is 11.8 Å². The molecule has 4 rings (SSSR count). The van der Waals surface area contributed by atoms with Crippen molar-refractivity contribution >= 4 is 17.8 Å². The molecular weight excluding hydrogens is 436 g/mol. The van der Waals surface area contributed by atoms with E-state index < -0.39 is 41.1 Å². The number of unbranched alkanes of at least 4 members (excludes halogenated alkanes) is 2. The van der Waals surface area contributed by atoms with E-state index >= 15 is 0 Å². The van der Waals surface area contributed by atoms with Gasteiger partial charge in [-0.25, -0.2) is 0 Å². The maximum Gasteiger partial charge on any atom is 0.313 e.